The van der Waals surface area contributed by atoms with E-state index in [9.17, 15) is 9.59 Å². The van der Waals surface area contributed by atoms with E-state index in [4.69, 9.17) is 16.3 Å². The SMILES string of the molecule is COc1ccc(N(CCC(=O)Nc2c(C)cc(C)cc2Cl)C(C)=O)cc1. The Morgan fingerprint density at radius 2 is 1.81 bits per heavy atom. The largest absolute Gasteiger partial charge is 0.497 e. The maximum atomic E-state index is 12.3. The zero-order chi connectivity index (χ0) is 19.3. The van der Waals surface area contributed by atoms with Crippen molar-refractivity contribution in [2.24, 2.45) is 0 Å². The van der Waals surface area contributed by atoms with Gasteiger partial charge in [-0.2, -0.15) is 0 Å². The lowest BCUT2D eigenvalue weighted by Gasteiger charge is -2.21. The Labute approximate surface area is 158 Å². The lowest BCUT2D eigenvalue weighted by Crippen LogP contribution is -2.32. The van der Waals surface area contributed by atoms with Gasteiger partial charge in [-0.1, -0.05) is 17.7 Å². The zero-order valence-electron chi connectivity index (χ0n) is 15.4. The lowest BCUT2D eigenvalue weighted by atomic mass is 10.1. The van der Waals surface area contributed by atoms with E-state index in [0.29, 0.717) is 16.5 Å². The van der Waals surface area contributed by atoms with Crippen LogP contribution in [0.25, 0.3) is 0 Å². The van der Waals surface area contributed by atoms with Crippen LogP contribution >= 0.6 is 11.6 Å². The molecule has 26 heavy (non-hydrogen) atoms. The van der Waals surface area contributed by atoms with Gasteiger partial charge in [0.15, 0.2) is 0 Å². The number of methoxy groups -OCH3 is 1. The topological polar surface area (TPSA) is 58.6 Å². The van der Waals surface area contributed by atoms with Crippen molar-refractivity contribution in [3.63, 3.8) is 0 Å². The number of rotatable bonds is 6. The Morgan fingerprint density at radius 1 is 1.15 bits per heavy atom. The molecule has 0 saturated heterocycles. The summed E-state index contributed by atoms with van der Waals surface area (Å²) in [5.74, 6) is 0.380. The minimum absolute atomic E-state index is 0.132. The molecule has 0 radical (unpaired) electrons. The highest BCUT2D eigenvalue weighted by Gasteiger charge is 2.15. The van der Waals surface area contributed by atoms with Gasteiger partial charge in [0.1, 0.15) is 5.75 Å². The zero-order valence-corrected chi connectivity index (χ0v) is 16.2. The highest BCUT2D eigenvalue weighted by atomic mass is 35.5. The van der Waals surface area contributed by atoms with E-state index in [0.717, 1.165) is 16.8 Å². The van der Waals surface area contributed by atoms with Crippen LogP contribution in [0.4, 0.5) is 11.4 Å². The Balaban J connectivity index is 2.04. The molecule has 2 aromatic carbocycles. The van der Waals surface area contributed by atoms with Gasteiger partial charge in [-0.05, 0) is 55.3 Å². The van der Waals surface area contributed by atoms with E-state index in [-0.39, 0.29) is 24.8 Å². The van der Waals surface area contributed by atoms with Crippen LogP contribution < -0.4 is 15.0 Å². The molecule has 0 aliphatic carbocycles. The average Bonchev–Trinajstić information content (AvgIpc) is 2.58. The predicted molar refractivity (Wildman–Crippen MR) is 105 cm³/mol. The first-order valence-electron chi connectivity index (χ1n) is 8.30. The second-order valence-corrected chi connectivity index (χ2v) is 6.51. The standard InChI is InChI=1S/C20H23ClN2O3/c1-13-11-14(2)20(18(21)12-13)22-19(25)9-10-23(15(3)24)16-5-7-17(26-4)8-6-16/h5-8,11-12H,9-10H2,1-4H3,(H,22,25). The molecule has 0 aromatic heterocycles. The van der Waals surface area contributed by atoms with Crippen molar-refractivity contribution < 1.29 is 14.3 Å². The summed E-state index contributed by atoms with van der Waals surface area (Å²) >= 11 is 6.23. The number of halogens is 1. The van der Waals surface area contributed by atoms with E-state index in [2.05, 4.69) is 5.32 Å². The van der Waals surface area contributed by atoms with Gasteiger partial charge in [0, 0.05) is 25.6 Å². The smallest absolute Gasteiger partial charge is 0.226 e. The molecule has 0 atom stereocenters. The first kappa shape index (κ1) is 19.8. The highest BCUT2D eigenvalue weighted by Crippen LogP contribution is 2.27. The molecule has 0 aliphatic heterocycles. The molecule has 0 spiro atoms. The molecule has 0 heterocycles. The maximum absolute atomic E-state index is 12.3. The molecule has 2 aromatic rings. The summed E-state index contributed by atoms with van der Waals surface area (Å²) in [5, 5.41) is 3.35. The third-order valence-electron chi connectivity index (χ3n) is 4.02. The number of carbonyl (C=O) groups is 2. The Bertz CT molecular complexity index is 780. The van der Waals surface area contributed by atoms with Crippen LogP contribution in [0, 0.1) is 13.8 Å². The molecule has 0 fully saturated rings. The summed E-state index contributed by atoms with van der Waals surface area (Å²) in [6, 6.07) is 10.9. The van der Waals surface area contributed by atoms with Crippen LogP contribution in [0.2, 0.25) is 5.02 Å². The first-order valence-corrected chi connectivity index (χ1v) is 8.68. The molecule has 2 rings (SSSR count). The molecule has 6 heteroatoms. The van der Waals surface area contributed by atoms with Crippen molar-refractivity contribution in [1.29, 1.82) is 0 Å². The Hall–Kier alpha value is -2.53. The Kier molecular flexibility index (Phi) is 6.64. The molecule has 2 amide bonds. The van der Waals surface area contributed by atoms with Crippen LogP contribution in [0.3, 0.4) is 0 Å². The highest BCUT2D eigenvalue weighted by molar-refractivity contribution is 6.34. The average molecular weight is 375 g/mol. The van der Waals surface area contributed by atoms with E-state index in [1.807, 2.05) is 26.0 Å². The van der Waals surface area contributed by atoms with Crippen molar-refractivity contribution >= 4 is 34.8 Å². The van der Waals surface area contributed by atoms with Gasteiger partial charge in [0.05, 0.1) is 17.8 Å². The fourth-order valence-corrected chi connectivity index (χ4v) is 3.09. The van der Waals surface area contributed by atoms with Gasteiger partial charge in [0.2, 0.25) is 11.8 Å². The molecule has 0 aliphatic rings. The molecular formula is C20H23ClN2O3. The Morgan fingerprint density at radius 3 is 2.35 bits per heavy atom. The molecule has 1 N–H and O–H groups in total. The third kappa shape index (κ3) is 4.99. The minimum atomic E-state index is -0.196. The normalized spacial score (nSPS) is 10.3. The van der Waals surface area contributed by atoms with Crippen LogP contribution in [0.1, 0.15) is 24.5 Å². The van der Waals surface area contributed by atoms with E-state index < -0.39 is 0 Å². The van der Waals surface area contributed by atoms with E-state index in [1.165, 1.54) is 6.92 Å². The molecule has 0 bridgehead atoms. The summed E-state index contributed by atoms with van der Waals surface area (Å²) in [7, 11) is 1.58. The fourth-order valence-electron chi connectivity index (χ4n) is 2.72. The van der Waals surface area contributed by atoms with E-state index >= 15 is 0 Å². The maximum Gasteiger partial charge on any atom is 0.226 e. The van der Waals surface area contributed by atoms with Crippen LogP contribution in [0.5, 0.6) is 5.75 Å². The second-order valence-electron chi connectivity index (χ2n) is 6.11. The van der Waals surface area contributed by atoms with E-state index in [1.54, 1.807) is 36.3 Å². The lowest BCUT2D eigenvalue weighted by molar-refractivity contribution is -0.117. The summed E-state index contributed by atoms with van der Waals surface area (Å²) < 4.78 is 5.12. The van der Waals surface area contributed by atoms with Crippen molar-refractivity contribution in [1.82, 2.24) is 0 Å². The minimum Gasteiger partial charge on any atom is -0.497 e. The molecular weight excluding hydrogens is 352 g/mol. The second kappa shape index (κ2) is 8.72. The monoisotopic (exact) mass is 374 g/mol. The summed E-state index contributed by atoms with van der Waals surface area (Å²) in [6.07, 6.45) is 0.162. The van der Waals surface area contributed by atoms with Crippen molar-refractivity contribution in [2.75, 3.05) is 23.9 Å². The van der Waals surface area contributed by atoms with Gasteiger partial charge >= 0.3 is 0 Å². The van der Waals surface area contributed by atoms with Crippen LogP contribution in [-0.4, -0.2) is 25.5 Å². The summed E-state index contributed by atoms with van der Waals surface area (Å²) in [5.41, 5.74) is 3.27. The van der Waals surface area contributed by atoms with Gasteiger partial charge in [-0.15, -0.1) is 0 Å². The van der Waals surface area contributed by atoms with Gasteiger partial charge in [0.25, 0.3) is 0 Å². The fraction of sp³-hybridized carbons (Fsp3) is 0.300. The molecule has 138 valence electrons. The number of carbonyl (C=O) groups excluding carboxylic acids is 2. The summed E-state index contributed by atoms with van der Waals surface area (Å²) in [6.45, 7) is 5.59. The molecule has 0 unspecified atom stereocenters. The quantitative estimate of drug-likeness (QED) is 0.817. The number of aryl methyl sites for hydroxylation is 2. The number of hydrogen-bond donors (Lipinski definition) is 1. The van der Waals surface area contributed by atoms with Gasteiger partial charge in [-0.25, -0.2) is 0 Å². The van der Waals surface area contributed by atoms with Crippen LogP contribution in [0.15, 0.2) is 36.4 Å². The van der Waals surface area contributed by atoms with Crippen molar-refractivity contribution in [3.8, 4) is 5.75 Å². The van der Waals surface area contributed by atoms with Gasteiger partial charge in [-0.3, -0.25) is 9.59 Å². The third-order valence-corrected chi connectivity index (χ3v) is 4.32. The molecule has 5 nitrogen and oxygen atoms in total. The predicted octanol–water partition coefficient (Wildman–Crippen LogP) is 4.35. The van der Waals surface area contributed by atoms with Crippen molar-refractivity contribution in [2.45, 2.75) is 27.2 Å². The van der Waals surface area contributed by atoms with Crippen LogP contribution in [-0.2, 0) is 9.59 Å². The number of nitrogens with zero attached hydrogens (tertiary/aromatic N) is 1. The van der Waals surface area contributed by atoms with Crippen molar-refractivity contribution in [3.05, 3.63) is 52.5 Å². The summed E-state index contributed by atoms with van der Waals surface area (Å²) in [4.78, 5) is 25.8. The number of ether oxygens (including phenoxy) is 1. The van der Waals surface area contributed by atoms with Gasteiger partial charge < -0.3 is 15.0 Å². The number of nitrogens with one attached hydrogen (secondary N) is 1. The number of benzene rings is 2. The first-order chi connectivity index (χ1) is 12.3. The number of anilines is 2. The number of amides is 2. The number of hydrogen-bond acceptors (Lipinski definition) is 3. The molecule has 0 saturated carbocycles.